The van der Waals surface area contributed by atoms with E-state index in [9.17, 15) is 22.8 Å². The number of anilines is 1. The van der Waals surface area contributed by atoms with Crippen LogP contribution in [0.15, 0.2) is 66.9 Å². The number of carbonyl (C=O) groups excluding carboxylic acids is 2. The third kappa shape index (κ3) is 4.11. The summed E-state index contributed by atoms with van der Waals surface area (Å²) >= 11 is 0. The van der Waals surface area contributed by atoms with Gasteiger partial charge in [0, 0.05) is 11.4 Å². The summed E-state index contributed by atoms with van der Waals surface area (Å²) in [4.78, 5) is 24.6. The Labute approximate surface area is 153 Å². The van der Waals surface area contributed by atoms with Gasteiger partial charge in [-0.25, -0.2) is 4.79 Å². The molecule has 5 nitrogen and oxygen atoms in total. The number of benzene rings is 2. The Balaban J connectivity index is 1.89. The van der Waals surface area contributed by atoms with E-state index in [1.165, 1.54) is 12.1 Å². The summed E-state index contributed by atoms with van der Waals surface area (Å²) in [6.45, 7) is 3.73. The highest BCUT2D eigenvalue weighted by molar-refractivity contribution is 5.97. The summed E-state index contributed by atoms with van der Waals surface area (Å²) in [6, 6.07) is 11.6. The molecule has 1 saturated heterocycles. The first-order valence-corrected chi connectivity index (χ1v) is 8.05. The molecule has 2 aromatic carbocycles. The fourth-order valence-electron chi connectivity index (χ4n) is 2.89. The van der Waals surface area contributed by atoms with Gasteiger partial charge in [-0.3, -0.25) is 4.79 Å². The van der Waals surface area contributed by atoms with Crippen LogP contribution < -0.4 is 16.0 Å². The molecule has 2 aromatic rings. The number of alkyl halides is 3. The zero-order chi connectivity index (χ0) is 19.6. The van der Waals surface area contributed by atoms with Crippen LogP contribution >= 0.6 is 0 Å². The Kier molecular flexibility index (Phi) is 4.89. The summed E-state index contributed by atoms with van der Waals surface area (Å²) in [5.74, 6) is -1.34. The van der Waals surface area contributed by atoms with E-state index >= 15 is 0 Å². The van der Waals surface area contributed by atoms with Crippen molar-refractivity contribution in [1.82, 2.24) is 10.6 Å². The summed E-state index contributed by atoms with van der Waals surface area (Å²) in [5, 5.41) is 7.75. The van der Waals surface area contributed by atoms with Crippen LogP contribution in [-0.4, -0.2) is 11.9 Å². The van der Waals surface area contributed by atoms with Crippen LogP contribution in [-0.2, 0) is 11.0 Å². The molecular weight excluding hydrogens is 359 g/mol. The first-order chi connectivity index (χ1) is 12.8. The predicted octanol–water partition coefficient (Wildman–Crippen LogP) is 3.83. The number of hydrogen-bond acceptors (Lipinski definition) is 2. The molecule has 3 rings (SSSR count). The van der Waals surface area contributed by atoms with E-state index in [-0.39, 0.29) is 5.70 Å². The van der Waals surface area contributed by atoms with Gasteiger partial charge in [0.1, 0.15) is 5.92 Å². The van der Waals surface area contributed by atoms with Gasteiger partial charge in [0.05, 0.1) is 11.6 Å². The van der Waals surface area contributed by atoms with Gasteiger partial charge >= 0.3 is 12.2 Å². The molecule has 0 bridgehead atoms. The SMILES string of the molecule is C=C1NC(=O)N[C@@H](c2ccc(C(F)(F)F)cc2)[C@H]1C(=O)Nc1ccccc1. The Morgan fingerprint density at radius 2 is 1.67 bits per heavy atom. The number of hydrogen-bond donors (Lipinski definition) is 3. The maximum atomic E-state index is 12.8. The molecule has 3 amide bonds. The largest absolute Gasteiger partial charge is 0.416 e. The van der Waals surface area contributed by atoms with Crippen LogP contribution in [0.25, 0.3) is 0 Å². The van der Waals surface area contributed by atoms with Crippen LogP contribution in [0.3, 0.4) is 0 Å². The molecule has 1 aliphatic rings. The molecule has 8 heteroatoms. The van der Waals surface area contributed by atoms with Crippen molar-refractivity contribution in [1.29, 1.82) is 0 Å². The Bertz CT molecular complexity index is 864. The van der Waals surface area contributed by atoms with Crippen LogP contribution in [0, 0.1) is 5.92 Å². The number of para-hydroxylation sites is 1. The second-order valence-corrected chi connectivity index (χ2v) is 6.05. The molecule has 0 radical (unpaired) electrons. The average molecular weight is 375 g/mol. The summed E-state index contributed by atoms with van der Waals surface area (Å²) < 4.78 is 38.3. The third-order valence-corrected chi connectivity index (χ3v) is 4.19. The first kappa shape index (κ1) is 18.5. The number of urea groups is 1. The average Bonchev–Trinajstić information content (AvgIpc) is 2.61. The number of amides is 3. The van der Waals surface area contributed by atoms with E-state index in [1.807, 2.05) is 0 Å². The maximum absolute atomic E-state index is 12.8. The van der Waals surface area contributed by atoms with Gasteiger partial charge in [-0.15, -0.1) is 0 Å². The molecule has 27 heavy (non-hydrogen) atoms. The van der Waals surface area contributed by atoms with Gasteiger partial charge in [-0.1, -0.05) is 36.9 Å². The van der Waals surface area contributed by atoms with E-state index in [1.54, 1.807) is 30.3 Å². The zero-order valence-electron chi connectivity index (χ0n) is 14.0. The fourth-order valence-corrected chi connectivity index (χ4v) is 2.89. The van der Waals surface area contributed by atoms with Crippen LogP contribution in [0.5, 0.6) is 0 Å². The first-order valence-electron chi connectivity index (χ1n) is 8.05. The Hall–Kier alpha value is -3.29. The van der Waals surface area contributed by atoms with Crippen molar-refractivity contribution in [2.24, 2.45) is 5.92 Å². The minimum atomic E-state index is -4.47. The zero-order valence-corrected chi connectivity index (χ0v) is 14.0. The molecule has 140 valence electrons. The second kappa shape index (κ2) is 7.14. The van der Waals surface area contributed by atoms with E-state index in [2.05, 4.69) is 22.5 Å². The van der Waals surface area contributed by atoms with Crippen molar-refractivity contribution in [2.45, 2.75) is 12.2 Å². The lowest BCUT2D eigenvalue weighted by atomic mass is 9.88. The highest BCUT2D eigenvalue weighted by atomic mass is 19.4. The molecule has 1 aliphatic heterocycles. The molecule has 2 atom stereocenters. The lowest BCUT2D eigenvalue weighted by Gasteiger charge is -2.34. The quantitative estimate of drug-likeness (QED) is 0.763. The molecule has 1 fully saturated rings. The van der Waals surface area contributed by atoms with Crippen molar-refractivity contribution >= 4 is 17.6 Å². The summed E-state index contributed by atoms with van der Waals surface area (Å²) in [6.07, 6.45) is -4.47. The minimum Gasteiger partial charge on any atom is -0.330 e. The Morgan fingerprint density at radius 1 is 1.04 bits per heavy atom. The molecule has 3 N–H and O–H groups in total. The van der Waals surface area contributed by atoms with Crippen molar-refractivity contribution < 1.29 is 22.8 Å². The standard InChI is InChI=1S/C19H16F3N3O2/c1-11-15(17(26)24-14-5-3-2-4-6-14)16(25-18(27)23-11)12-7-9-13(10-8-12)19(20,21)22/h2-10,15-16H,1H2,(H,24,26)(H2,23,25,27)/t15-,16-/m0/s1. The number of halogens is 3. The number of carbonyl (C=O) groups is 2. The Morgan fingerprint density at radius 3 is 2.26 bits per heavy atom. The van der Waals surface area contributed by atoms with Gasteiger partial charge in [0.2, 0.25) is 5.91 Å². The van der Waals surface area contributed by atoms with Crippen LogP contribution in [0.1, 0.15) is 17.2 Å². The summed E-state index contributed by atoms with van der Waals surface area (Å²) in [5.41, 5.74) is 0.276. The van der Waals surface area contributed by atoms with E-state index in [4.69, 9.17) is 0 Å². The molecule has 0 spiro atoms. The number of nitrogens with one attached hydrogen (secondary N) is 3. The van der Waals surface area contributed by atoms with Gasteiger partial charge in [0.15, 0.2) is 0 Å². The van der Waals surface area contributed by atoms with Gasteiger partial charge in [-0.05, 0) is 29.8 Å². The van der Waals surface area contributed by atoms with Gasteiger partial charge < -0.3 is 16.0 Å². The third-order valence-electron chi connectivity index (χ3n) is 4.19. The molecule has 0 aromatic heterocycles. The van der Waals surface area contributed by atoms with Crippen LogP contribution in [0.2, 0.25) is 0 Å². The minimum absolute atomic E-state index is 0.164. The molecular formula is C19H16F3N3O2. The topological polar surface area (TPSA) is 70.2 Å². The van der Waals surface area contributed by atoms with E-state index < -0.39 is 35.6 Å². The van der Waals surface area contributed by atoms with Crippen molar-refractivity contribution in [3.8, 4) is 0 Å². The molecule has 0 unspecified atom stereocenters. The smallest absolute Gasteiger partial charge is 0.330 e. The van der Waals surface area contributed by atoms with Crippen LogP contribution in [0.4, 0.5) is 23.7 Å². The van der Waals surface area contributed by atoms with Crippen molar-refractivity contribution in [3.05, 3.63) is 78.0 Å². The number of rotatable bonds is 3. The van der Waals surface area contributed by atoms with Crippen molar-refractivity contribution in [3.63, 3.8) is 0 Å². The summed E-state index contributed by atoms with van der Waals surface area (Å²) in [7, 11) is 0. The van der Waals surface area contributed by atoms with E-state index in [0.717, 1.165) is 12.1 Å². The van der Waals surface area contributed by atoms with Gasteiger partial charge in [0.25, 0.3) is 0 Å². The lowest BCUT2D eigenvalue weighted by molar-refractivity contribution is -0.137. The van der Waals surface area contributed by atoms with E-state index in [0.29, 0.717) is 11.3 Å². The van der Waals surface area contributed by atoms with Crippen molar-refractivity contribution in [2.75, 3.05) is 5.32 Å². The fraction of sp³-hybridized carbons (Fsp3) is 0.158. The van der Waals surface area contributed by atoms with Gasteiger partial charge in [-0.2, -0.15) is 13.2 Å². The normalized spacial score (nSPS) is 19.8. The predicted molar refractivity (Wildman–Crippen MR) is 93.6 cm³/mol. The highest BCUT2D eigenvalue weighted by Gasteiger charge is 2.38. The molecule has 0 aliphatic carbocycles. The molecule has 0 saturated carbocycles. The lowest BCUT2D eigenvalue weighted by Crippen LogP contribution is -2.51. The monoisotopic (exact) mass is 375 g/mol. The maximum Gasteiger partial charge on any atom is 0.416 e. The second-order valence-electron chi connectivity index (χ2n) is 6.05. The highest BCUT2D eigenvalue weighted by Crippen LogP contribution is 2.33. The molecule has 1 heterocycles.